The van der Waals surface area contributed by atoms with Gasteiger partial charge in [-0.25, -0.2) is 0 Å². The van der Waals surface area contributed by atoms with Gasteiger partial charge in [-0.15, -0.1) is 0 Å². The van der Waals surface area contributed by atoms with Gasteiger partial charge >= 0.3 is 0 Å². The summed E-state index contributed by atoms with van der Waals surface area (Å²) in [6.45, 7) is 2.54. The highest BCUT2D eigenvalue weighted by molar-refractivity contribution is 5.43. The van der Waals surface area contributed by atoms with Gasteiger partial charge in [0.2, 0.25) is 0 Å². The van der Waals surface area contributed by atoms with Crippen molar-refractivity contribution in [2.75, 3.05) is 0 Å². The number of ether oxygens (including phenoxy) is 1. The van der Waals surface area contributed by atoms with Crippen molar-refractivity contribution in [2.24, 2.45) is 0 Å². The lowest BCUT2D eigenvalue weighted by molar-refractivity contribution is 0.300. The Balaban J connectivity index is 1.96. The van der Waals surface area contributed by atoms with Crippen molar-refractivity contribution in [3.05, 3.63) is 59.2 Å². The zero-order valence-corrected chi connectivity index (χ0v) is 13.5. The maximum absolute atomic E-state index is 9.90. The minimum Gasteiger partial charge on any atom is -0.507 e. The standard InChI is InChI=1S/C20H22NO2/c1-2-6-18-19(22)8-5-9-20(18)23-15-17-12-10-16(11-13-17)7-3-4-14-21/h5,9-13,22H,2-4,6-7,15H2,1H3. The van der Waals surface area contributed by atoms with E-state index in [1.807, 2.05) is 6.07 Å². The minimum absolute atomic E-state index is 0.178. The molecule has 0 unspecified atom stereocenters. The Hall–Kier alpha value is -2.47. The van der Waals surface area contributed by atoms with Crippen molar-refractivity contribution in [3.63, 3.8) is 0 Å². The number of nitriles is 1. The van der Waals surface area contributed by atoms with E-state index in [9.17, 15) is 5.11 Å². The Morgan fingerprint density at radius 1 is 1.13 bits per heavy atom. The molecular weight excluding hydrogens is 286 g/mol. The summed E-state index contributed by atoms with van der Waals surface area (Å²) in [6.07, 6.45) is 4.14. The molecular formula is C20H22NO2. The Kier molecular flexibility index (Phi) is 6.50. The van der Waals surface area contributed by atoms with Crippen LogP contribution < -0.4 is 4.74 Å². The van der Waals surface area contributed by atoms with Crippen LogP contribution in [0.25, 0.3) is 0 Å². The normalized spacial score (nSPS) is 10.3. The topological polar surface area (TPSA) is 53.2 Å². The smallest absolute Gasteiger partial charge is 0.130 e. The van der Waals surface area contributed by atoms with Crippen LogP contribution >= 0.6 is 0 Å². The third-order valence-corrected chi connectivity index (χ3v) is 3.71. The third-order valence-electron chi connectivity index (χ3n) is 3.71. The zero-order valence-electron chi connectivity index (χ0n) is 13.5. The second-order valence-electron chi connectivity index (χ2n) is 5.54. The molecule has 2 aromatic carbocycles. The first-order valence-electron chi connectivity index (χ1n) is 8.04. The van der Waals surface area contributed by atoms with Crippen LogP contribution in [0.2, 0.25) is 0 Å². The van der Waals surface area contributed by atoms with E-state index in [4.69, 9.17) is 10.00 Å². The summed E-state index contributed by atoms with van der Waals surface area (Å²) in [5.41, 5.74) is 3.15. The lowest BCUT2D eigenvalue weighted by Crippen LogP contribution is -1.99. The summed E-state index contributed by atoms with van der Waals surface area (Å²) in [7, 11) is 0. The number of hydrogen-bond donors (Lipinski definition) is 1. The van der Waals surface area contributed by atoms with Gasteiger partial charge in [0.1, 0.15) is 18.1 Å². The fourth-order valence-corrected chi connectivity index (χ4v) is 2.46. The minimum atomic E-state index is 0.178. The van der Waals surface area contributed by atoms with Crippen molar-refractivity contribution in [3.8, 4) is 17.6 Å². The Morgan fingerprint density at radius 2 is 1.87 bits per heavy atom. The molecule has 0 saturated carbocycles. The summed E-state index contributed by atoms with van der Waals surface area (Å²) in [4.78, 5) is 0. The predicted molar refractivity (Wildman–Crippen MR) is 90.3 cm³/mol. The molecule has 0 heterocycles. The van der Waals surface area contributed by atoms with Crippen LogP contribution in [-0.4, -0.2) is 5.11 Å². The van der Waals surface area contributed by atoms with Crippen molar-refractivity contribution in [1.29, 1.82) is 5.26 Å². The summed E-state index contributed by atoms with van der Waals surface area (Å²) in [5, 5.41) is 18.5. The Labute approximate surface area is 138 Å². The van der Waals surface area contributed by atoms with E-state index in [2.05, 4.69) is 43.3 Å². The molecule has 119 valence electrons. The van der Waals surface area contributed by atoms with Crippen molar-refractivity contribution < 1.29 is 9.84 Å². The number of phenols is 1. The molecule has 1 N–H and O–H groups in total. The lowest BCUT2D eigenvalue weighted by atomic mass is 10.1. The highest BCUT2D eigenvalue weighted by Gasteiger charge is 2.08. The number of aromatic hydroxyl groups is 1. The third kappa shape index (κ3) is 5.03. The van der Waals surface area contributed by atoms with Gasteiger partial charge in [0.15, 0.2) is 0 Å². The molecule has 0 aliphatic heterocycles. The lowest BCUT2D eigenvalue weighted by Gasteiger charge is -2.12. The first-order valence-corrected chi connectivity index (χ1v) is 8.04. The molecule has 0 aliphatic carbocycles. The molecule has 1 radical (unpaired) electrons. The van der Waals surface area contributed by atoms with E-state index < -0.39 is 0 Å². The average Bonchev–Trinajstić information content (AvgIpc) is 2.57. The van der Waals surface area contributed by atoms with Crippen molar-refractivity contribution >= 4 is 0 Å². The molecule has 23 heavy (non-hydrogen) atoms. The summed E-state index contributed by atoms with van der Waals surface area (Å²) < 4.78 is 5.87. The molecule has 0 saturated heterocycles. The fraction of sp³-hybridized carbons (Fsp3) is 0.350. The van der Waals surface area contributed by atoms with Gasteiger partial charge in [-0.05, 0) is 42.5 Å². The van der Waals surface area contributed by atoms with E-state index in [0.717, 1.165) is 42.6 Å². The fourth-order valence-electron chi connectivity index (χ4n) is 2.46. The summed E-state index contributed by atoms with van der Waals surface area (Å²) in [5.74, 6) is 0.901. The molecule has 0 spiro atoms. The monoisotopic (exact) mass is 308 g/mol. The second kappa shape index (κ2) is 8.85. The van der Waals surface area contributed by atoms with Gasteiger partial charge in [0, 0.05) is 18.1 Å². The van der Waals surface area contributed by atoms with E-state index in [0.29, 0.717) is 13.0 Å². The molecule has 3 nitrogen and oxygen atoms in total. The van der Waals surface area contributed by atoms with Gasteiger partial charge in [-0.3, -0.25) is 0 Å². The van der Waals surface area contributed by atoms with Gasteiger partial charge < -0.3 is 9.84 Å². The highest BCUT2D eigenvalue weighted by Crippen LogP contribution is 2.29. The number of aryl methyl sites for hydroxylation is 1. The average molecular weight is 308 g/mol. The number of nitrogens with zero attached hydrogens (tertiary/aromatic N) is 1. The first kappa shape index (κ1) is 16.9. The maximum atomic E-state index is 9.90. The molecule has 0 fully saturated rings. The van der Waals surface area contributed by atoms with Crippen LogP contribution in [0.15, 0.2) is 36.4 Å². The molecule has 0 atom stereocenters. The van der Waals surface area contributed by atoms with Crippen molar-refractivity contribution in [1.82, 2.24) is 0 Å². The Bertz CT molecular complexity index is 656. The van der Waals surface area contributed by atoms with Crippen LogP contribution in [0.1, 0.15) is 42.9 Å². The molecule has 0 aromatic heterocycles. The van der Waals surface area contributed by atoms with Gasteiger partial charge in [0.25, 0.3) is 0 Å². The van der Waals surface area contributed by atoms with E-state index in [-0.39, 0.29) is 5.75 Å². The van der Waals surface area contributed by atoms with Crippen LogP contribution in [0.3, 0.4) is 0 Å². The number of hydrogen-bond acceptors (Lipinski definition) is 3. The number of benzene rings is 2. The molecule has 2 rings (SSSR count). The second-order valence-corrected chi connectivity index (χ2v) is 5.54. The largest absolute Gasteiger partial charge is 0.507 e. The molecule has 0 amide bonds. The van der Waals surface area contributed by atoms with E-state index >= 15 is 0 Å². The van der Waals surface area contributed by atoms with Gasteiger partial charge in [-0.1, -0.05) is 37.6 Å². The number of unbranched alkanes of at least 4 members (excludes halogenated alkanes) is 1. The van der Waals surface area contributed by atoms with Crippen molar-refractivity contribution in [2.45, 2.75) is 45.6 Å². The number of rotatable bonds is 8. The summed E-state index contributed by atoms with van der Waals surface area (Å²) >= 11 is 0. The zero-order chi connectivity index (χ0) is 16.5. The molecule has 0 bridgehead atoms. The van der Waals surface area contributed by atoms with Crippen LogP contribution in [0, 0.1) is 17.4 Å². The number of phenolic OH excluding ortho intramolecular Hbond substituents is 1. The predicted octanol–water partition coefficient (Wildman–Crippen LogP) is 4.57. The summed E-state index contributed by atoms with van der Waals surface area (Å²) in [6, 6.07) is 16.8. The first-order chi connectivity index (χ1) is 11.2. The SMILES string of the molecule is CCCc1c(O)[c]ccc1OCc1ccc(CCCC#N)cc1. The Morgan fingerprint density at radius 3 is 2.57 bits per heavy atom. The van der Waals surface area contributed by atoms with E-state index in [1.165, 1.54) is 5.56 Å². The molecule has 3 heteroatoms. The van der Waals surface area contributed by atoms with Crippen LogP contribution in [0.5, 0.6) is 11.5 Å². The van der Waals surface area contributed by atoms with Gasteiger partial charge in [-0.2, -0.15) is 5.26 Å². The molecule has 2 aromatic rings. The van der Waals surface area contributed by atoms with Crippen LogP contribution in [0.4, 0.5) is 0 Å². The highest BCUT2D eigenvalue weighted by atomic mass is 16.5. The maximum Gasteiger partial charge on any atom is 0.130 e. The van der Waals surface area contributed by atoms with Crippen LogP contribution in [-0.2, 0) is 19.4 Å². The van der Waals surface area contributed by atoms with E-state index in [1.54, 1.807) is 6.07 Å². The molecule has 0 aliphatic rings. The van der Waals surface area contributed by atoms with Gasteiger partial charge in [0.05, 0.1) is 6.07 Å². The quantitative estimate of drug-likeness (QED) is 0.727.